The number of nitrogens with zero attached hydrogens (tertiary/aromatic N) is 3. The molecule has 9 heteroatoms. The summed E-state index contributed by atoms with van der Waals surface area (Å²) in [6.45, 7) is 0. The number of hydrogen-bond donors (Lipinski definition) is 2. The van der Waals surface area contributed by atoms with Crippen LogP contribution in [0.3, 0.4) is 0 Å². The van der Waals surface area contributed by atoms with E-state index >= 15 is 0 Å². The lowest BCUT2D eigenvalue weighted by Crippen LogP contribution is -2.24. The van der Waals surface area contributed by atoms with Crippen LogP contribution in [0.1, 0.15) is 10.5 Å². The average molecular weight is 322 g/mol. The number of thiazole rings is 1. The Bertz CT molecular complexity index is 822. The Morgan fingerprint density at radius 2 is 2.10 bits per heavy atom. The minimum atomic E-state index is -0.612. The number of benzene rings is 1. The van der Waals surface area contributed by atoms with Crippen molar-refractivity contribution < 1.29 is 4.79 Å². The van der Waals surface area contributed by atoms with Crippen molar-refractivity contribution in [3.8, 4) is 5.69 Å². The number of halogens is 1. The highest BCUT2D eigenvalue weighted by molar-refractivity contribution is 7.13. The number of carbonyl (C=O) groups excluding carboxylic acids is 1. The molecule has 0 saturated heterocycles. The van der Waals surface area contributed by atoms with Crippen LogP contribution in [0.4, 0.5) is 5.13 Å². The SMILES string of the molecule is O=C(Nc1nccs1)c1n[nH]n(-c2ccc(Cl)cc2)c1=O. The van der Waals surface area contributed by atoms with E-state index in [1.165, 1.54) is 11.3 Å². The van der Waals surface area contributed by atoms with Crippen molar-refractivity contribution in [2.75, 3.05) is 5.32 Å². The third-order valence-corrected chi connectivity index (χ3v) is 3.56. The number of rotatable bonds is 3. The maximum absolute atomic E-state index is 12.2. The number of amides is 1. The summed E-state index contributed by atoms with van der Waals surface area (Å²) in [5, 5.41) is 11.4. The molecule has 2 heterocycles. The normalized spacial score (nSPS) is 10.5. The predicted molar refractivity (Wildman–Crippen MR) is 79.3 cm³/mol. The zero-order valence-corrected chi connectivity index (χ0v) is 12.0. The fraction of sp³-hybridized carbons (Fsp3) is 0. The van der Waals surface area contributed by atoms with Crippen molar-refractivity contribution in [3.63, 3.8) is 0 Å². The maximum Gasteiger partial charge on any atom is 0.304 e. The van der Waals surface area contributed by atoms with Crippen LogP contribution in [0.15, 0.2) is 40.6 Å². The van der Waals surface area contributed by atoms with Crippen LogP contribution in [0.25, 0.3) is 5.69 Å². The molecular formula is C12H8ClN5O2S. The third-order valence-electron chi connectivity index (χ3n) is 2.62. The van der Waals surface area contributed by atoms with E-state index in [0.29, 0.717) is 15.8 Å². The highest BCUT2D eigenvalue weighted by Gasteiger charge is 2.18. The molecule has 0 bridgehead atoms. The van der Waals surface area contributed by atoms with Crippen molar-refractivity contribution in [3.05, 3.63) is 56.9 Å². The molecule has 0 radical (unpaired) electrons. The second-order valence-corrected chi connectivity index (χ2v) is 5.30. The van der Waals surface area contributed by atoms with E-state index in [2.05, 4.69) is 20.6 Å². The Labute approximate surface area is 127 Å². The lowest BCUT2D eigenvalue weighted by atomic mass is 10.3. The summed E-state index contributed by atoms with van der Waals surface area (Å²) in [4.78, 5) is 28.1. The highest BCUT2D eigenvalue weighted by atomic mass is 35.5. The van der Waals surface area contributed by atoms with Crippen LogP contribution < -0.4 is 10.9 Å². The van der Waals surface area contributed by atoms with E-state index in [1.54, 1.807) is 35.8 Å². The summed E-state index contributed by atoms with van der Waals surface area (Å²) in [5.41, 5.74) is -0.253. The van der Waals surface area contributed by atoms with Gasteiger partial charge in [-0.3, -0.25) is 14.9 Å². The standard InChI is InChI=1S/C12H8ClN5O2S/c13-7-1-3-8(4-2-7)18-11(20)9(16-17-18)10(19)15-12-14-5-6-21-12/h1-6,17H,(H,14,15,19). The summed E-state index contributed by atoms with van der Waals surface area (Å²) in [7, 11) is 0. The molecule has 0 aliphatic heterocycles. The van der Waals surface area contributed by atoms with Crippen molar-refractivity contribution in [2.24, 2.45) is 0 Å². The van der Waals surface area contributed by atoms with Gasteiger partial charge >= 0.3 is 5.56 Å². The molecule has 0 aliphatic carbocycles. The van der Waals surface area contributed by atoms with E-state index in [-0.39, 0.29) is 5.69 Å². The molecule has 7 nitrogen and oxygen atoms in total. The topological polar surface area (TPSA) is 92.7 Å². The van der Waals surface area contributed by atoms with Crippen LogP contribution in [-0.2, 0) is 0 Å². The molecule has 3 aromatic rings. The second-order valence-electron chi connectivity index (χ2n) is 3.97. The summed E-state index contributed by atoms with van der Waals surface area (Å²) in [6.07, 6.45) is 1.55. The number of H-pyrrole nitrogens is 1. The smallest absolute Gasteiger partial charge is 0.296 e. The number of aromatic amines is 1. The summed E-state index contributed by atoms with van der Waals surface area (Å²) >= 11 is 7.04. The van der Waals surface area contributed by atoms with Gasteiger partial charge in [0.1, 0.15) is 0 Å². The zero-order valence-electron chi connectivity index (χ0n) is 10.4. The van der Waals surface area contributed by atoms with E-state index < -0.39 is 11.5 Å². The first-order chi connectivity index (χ1) is 10.1. The van der Waals surface area contributed by atoms with Crippen molar-refractivity contribution in [2.45, 2.75) is 0 Å². The first-order valence-corrected chi connectivity index (χ1v) is 7.05. The number of anilines is 1. The molecule has 0 aliphatic rings. The molecule has 0 atom stereocenters. The molecule has 2 aromatic heterocycles. The van der Waals surface area contributed by atoms with Gasteiger partial charge in [0.15, 0.2) is 5.13 Å². The molecule has 2 N–H and O–H groups in total. The Kier molecular flexibility index (Phi) is 3.55. The van der Waals surface area contributed by atoms with Gasteiger partial charge in [0, 0.05) is 16.6 Å². The van der Waals surface area contributed by atoms with Gasteiger partial charge in [0.2, 0.25) is 5.69 Å². The molecule has 106 valence electrons. The second kappa shape index (κ2) is 5.51. The quantitative estimate of drug-likeness (QED) is 0.770. The Morgan fingerprint density at radius 3 is 2.76 bits per heavy atom. The van der Waals surface area contributed by atoms with E-state index in [1.807, 2.05) is 0 Å². The lowest BCUT2D eigenvalue weighted by molar-refractivity contribution is 0.102. The van der Waals surface area contributed by atoms with Crippen LogP contribution in [0.5, 0.6) is 0 Å². The van der Waals surface area contributed by atoms with Crippen molar-refractivity contribution in [1.82, 2.24) is 20.0 Å². The minimum absolute atomic E-state index is 0.236. The van der Waals surface area contributed by atoms with E-state index in [0.717, 1.165) is 4.68 Å². The van der Waals surface area contributed by atoms with Gasteiger partial charge < -0.3 is 0 Å². The van der Waals surface area contributed by atoms with Gasteiger partial charge in [-0.2, -0.15) is 0 Å². The lowest BCUT2D eigenvalue weighted by Gasteiger charge is -1.99. The van der Waals surface area contributed by atoms with Gasteiger partial charge in [0.05, 0.1) is 5.69 Å². The minimum Gasteiger partial charge on any atom is -0.296 e. The summed E-state index contributed by atoms with van der Waals surface area (Å²) in [5.74, 6) is -0.612. The molecule has 1 aromatic carbocycles. The zero-order chi connectivity index (χ0) is 14.8. The van der Waals surface area contributed by atoms with Crippen LogP contribution in [-0.4, -0.2) is 25.9 Å². The largest absolute Gasteiger partial charge is 0.304 e. The van der Waals surface area contributed by atoms with Gasteiger partial charge in [0.25, 0.3) is 5.91 Å². The first kappa shape index (κ1) is 13.5. The number of aromatic nitrogens is 4. The molecule has 0 fully saturated rings. The maximum atomic E-state index is 12.2. The Hall–Kier alpha value is -2.45. The summed E-state index contributed by atoms with van der Waals surface area (Å²) < 4.78 is 1.16. The molecule has 3 rings (SSSR count). The van der Waals surface area contributed by atoms with Crippen LogP contribution in [0.2, 0.25) is 5.02 Å². The Morgan fingerprint density at radius 1 is 1.33 bits per heavy atom. The van der Waals surface area contributed by atoms with Gasteiger partial charge in [-0.1, -0.05) is 11.6 Å². The van der Waals surface area contributed by atoms with Crippen molar-refractivity contribution in [1.29, 1.82) is 0 Å². The van der Waals surface area contributed by atoms with Crippen molar-refractivity contribution >= 4 is 34.0 Å². The number of hydrogen-bond acceptors (Lipinski definition) is 5. The van der Waals surface area contributed by atoms with Crippen LogP contribution in [0, 0.1) is 0 Å². The van der Waals surface area contributed by atoms with Gasteiger partial charge in [-0.15, -0.1) is 16.4 Å². The van der Waals surface area contributed by atoms with E-state index in [9.17, 15) is 9.59 Å². The number of carbonyl (C=O) groups is 1. The van der Waals surface area contributed by atoms with Gasteiger partial charge in [-0.25, -0.2) is 14.9 Å². The molecule has 0 spiro atoms. The third kappa shape index (κ3) is 2.71. The monoisotopic (exact) mass is 321 g/mol. The highest BCUT2D eigenvalue weighted by Crippen LogP contribution is 2.12. The fourth-order valence-electron chi connectivity index (χ4n) is 1.65. The number of nitrogens with one attached hydrogen (secondary N) is 2. The molecule has 0 unspecified atom stereocenters. The average Bonchev–Trinajstić information content (AvgIpc) is 3.09. The fourth-order valence-corrected chi connectivity index (χ4v) is 2.30. The molecular weight excluding hydrogens is 314 g/mol. The predicted octanol–water partition coefficient (Wildman–Crippen LogP) is 1.92. The molecule has 1 amide bonds. The molecule has 21 heavy (non-hydrogen) atoms. The molecule has 0 saturated carbocycles. The van der Waals surface area contributed by atoms with Crippen LogP contribution >= 0.6 is 22.9 Å². The van der Waals surface area contributed by atoms with E-state index in [4.69, 9.17) is 11.6 Å². The van der Waals surface area contributed by atoms with Gasteiger partial charge in [-0.05, 0) is 24.3 Å². The summed E-state index contributed by atoms with van der Waals surface area (Å²) in [6, 6.07) is 6.56. The Balaban J connectivity index is 1.90. The first-order valence-electron chi connectivity index (χ1n) is 5.79.